The van der Waals surface area contributed by atoms with E-state index in [4.69, 9.17) is 23.2 Å². The van der Waals surface area contributed by atoms with Crippen molar-refractivity contribution in [2.45, 2.75) is 37.6 Å². The second kappa shape index (κ2) is 7.15. The molecule has 8 heteroatoms. The van der Waals surface area contributed by atoms with Crippen molar-refractivity contribution in [1.29, 1.82) is 0 Å². The van der Waals surface area contributed by atoms with Gasteiger partial charge in [0, 0.05) is 19.1 Å². The number of halogens is 2. The fourth-order valence-corrected chi connectivity index (χ4v) is 6.33. The van der Waals surface area contributed by atoms with Crippen molar-refractivity contribution in [3.05, 3.63) is 14.7 Å². The second-order valence-corrected chi connectivity index (χ2v) is 9.47. The summed E-state index contributed by atoms with van der Waals surface area (Å²) in [6, 6.07) is 1.86. The van der Waals surface area contributed by atoms with Crippen LogP contribution < -0.4 is 5.32 Å². The first-order chi connectivity index (χ1) is 9.86. The maximum absolute atomic E-state index is 12.6. The van der Waals surface area contributed by atoms with Crippen molar-refractivity contribution in [2.24, 2.45) is 5.92 Å². The average Bonchev–Trinajstić information content (AvgIpc) is 2.79. The molecule has 0 saturated carbocycles. The van der Waals surface area contributed by atoms with E-state index in [1.54, 1.807) is 0 Å². The van der Waals surface area contributed by atoms with Crippen LogP contribution >= 0.6 is 34.5 Å². The van der Waals surface area contributed by atoms with Gasteiger partial charge in [0.1, 0.15) is 9.23 Å². The Bertz CT molecular complexity index is 581. The Morgan fingerprint density at radius 3 is 2.52 bits per heavy atom. The van der Waals surface area contributed by atoms with Gasteiger partial charge in [-0.05, 0) is 38.3 Å². The van der Waals surface area contributed by atoms with Gasteiger partial charge in [-0.3, -0.25) is 0 Å². The molecular formula is C13H20Cl2N2O2S2. The van der Waals surface area contributed by atoms with E-state index in [9.17, 15) is 8.42 Å². The van der Waals surface area contributed by atoms with Crippen LogP contribution in [0.2, 0.25) is 8.67 Å². The lowest BCUT2D eigenvalue weighted by atomic mass is 9.91. The van der Waals surface area contributed by atoms with Crippen LogP contribution in [0, 0.1) is 5.92 Å². The Morgan fingerprint density at radius 2 is 2.05 bits per heavy atom. The molecule has 21 heavy (non-hydrogen) atoms. The van der Waals surface area contributed by atoms with Gasteiger partial charge >= 0.3 is 0 Å². The molecule has 1 saturated heterocycles. The highest BCUT2D eigenvalue weighted by atomic mass is 35.5. The lowest BCUT2D eigenvalue weighted by Crippen LogP contribution is -2.44. The van der Waals surface area contributed by atoms with Crippen LogP contribution in [0.4, 0.5) is 0 Å². The van der Waals surface area contributed by atoms with Crippen LogP contribution in [-0.4, -0.2) is 38.4 Å². The zero-order chi connectivity index (χ0) is 15.6. The zero-order valence-electron chi connectivity index (χ0n) is 12.1. The largest absolute Gasteiger partial charge is 0.314 e. The Hall–Kier alpha value is 0.150. The lowest BCUT2D eigenvalue weighted by Gasteiger charge is -2.34. The number of nitrogens with zero attached hydrogens (tertiary/aromatic N) is 1. The number of rotatable bonds is 5. The van der Waals surface area contributed by atoms with Crippen LogP contribution in [0.5, 0.6) is 0 Å². The SMILES string of the molecule is CCNC(C)C1CCN(S(=O)(=O)c2cc(Cl)sc2Cl)CC1. The summed E-state index contributed by atoms with van der Waals surface area (Å²) in [7, 11) is -3.53. The first-order valence-corrected chi connectivity index (χ1v) is 10.1. The molecular weight excluding hydrogens is 351 g/mol. The zero-order valence-corrected chi connectivity index (χ0v) is 15.2. The van der Waals surface area contributed by atoms with Crippen molar-refractivity contribution in [3.8, 4) is 0 Å². The topological polar surface area (TPSA) is 49.4 Å². The predicted octanol–water partition coefficient (Wildman–Crippen LogP) is 3.45. The van der Waals surface area contributed by atoms with Crippen LogP contribution in [0.3, 0.4) is 0 Å². The summed E-state index contributed by atoms with van der Waals surface area (Å²) in [5.74, 6) is 0.512. The quantitative estimate of drug-likeness (QED) is 0.863. The lowest BCUT2D eigenvalue weighted by molar-refractivity contribution is 0.233. The summed E-state index contributed by atoms with van der Waals surface area (Å²) in [6.07, 6.45) is 1.73. The van der Waals surface area contributed by atoms with E-state index >= 15 is 0 Å². The molecule has 1 unspecified atom stereocenters. The average molecular weight is 371 g/mol. The van der Waals surface area contributed by atoms with Gasteiger partial charge in [0.2, 0.25) is 10.0 Å². The highest BCUT2D eigenvalue weighted by Gasteiger charge is 2.33. The van der Waals surface area contributed by atoms with Crippen molar-refractivity contribution in [2.75, 3.05) is 19.6 Å². The molecule has 0 bridgehead atoms. The van der Waals surface area contributed by atoms with E-state index in [1.165, 1.54) is 10.4 Å². The smallest absolute Gasteiger partial charge is 0.245 e. The van der Waals surface area contributed by atoms with Crippen LogP contribution in [0.25, 0.3) is 0 Å². The number of piperidine rings is 1. The predicted molar refractivity (Wildman–Crippen MR) is 89.0 cm³/mol. The minimum absolute atomic E-state index is 0.136. The van der Waals surface area contributed by atoms with Crippen molar-refractivity contribution < 1.29 is 8.42 Å². The van der Waals surface area contributed by atoms with Gasteiger partial charge in [-0.1, -0.05) is 30.1 Å². The minimum atomic E-state index is -3.53. The molecule has 0 spiro atoms. The third-order valence-electron chi connectivity index (χ3n) is 3.98. The second-order valence-electron chi connectivity index (χ2n) is 5.28. The maximum Gasteiger partial charge on any atom is 0.245 e. The van der Waals surface area contributed by atoms with Gasteiger partial charge in [0.25, 0.3) is 0 Å². The number of hydrogen-bond donors (Lipinski definition) is 1. The van der Waals surface area contributed by atoms with Gasteiger partial charge in [0.05, 0.1) is 4.34 Å². The number of thiophene rings is 1. The van der Waals surface area contributed by atoms with Crippen molar-refractivity contribution in [3.63, 3.8) is 0 Å². The molecule has 1 aromatic rings. The molecule has 0 aliphatic carbocycles. The van der Waals surface area contributed by atoms with Crippen molar-refractivity contribution >= 4 is 44.6 Å². The molecule has 0 radical (unpaired) electrons. The molecule has 2 heterocycles. The molecule has 1 aromatic heterocycles. The summed E-state index contributed by atoms with van der Waals surface area (Å²) >= 11 is 12.9. The number of nitrogens with one attached hydrogen (secondary N) is 1. The molecule has 1 N–H and O–H groups in total. The van der Waals surface area contributed by atoms with E-state index in [1.807, 2.05) is 0 Å². The third kappa shape index (κ3) is 3.92. The Morgan fingerprint density at radius 1 is 1.43 bits per heavy atom. The summed E-state index contributed by atoms with van der Waals surface area (Å²) < 4.78 is 27.4. The summed E-state index contributed by atoms with van der Waals surface area (Å²) in [5, 5.41) is 3.41. The fourth-order valence-electron chi connectivity index (χ4n) is 2.74. The molecule has 1 aliphatic heterocycles. The first kappa shape index (κ1) is 17.5. The first-order valence-electron chi connectivity index (χ1n) is 7.04. The highest BCUT2D eigenvalue weighted by molar-refractivity contribution is 7.89. The maximum atomic E-state index is 12.6. The van der Waals surface area contributed by atoms with Crippen LogP contribution in [0.1, 0.15) is 26.7 Å². The van der Waals surface area contributed by atoms with E-state index in [2.05, 4.69) is 19.2 Å². The Kier molecular flexibility index (Phi) is 5.96. The van der Waals surface area contributed by atoms with E-state index in [-0.39, 0.29) is 9.23 Å². The van der Waals surface area contributed by atoms with Gasteiger partial charge in [-0.2, -0.15) is 4.31 Å². The molecule has 0 aromatic carbocycles. The fraction of sp³-hybridized carbons (Fsp3) is 0.692. The normalized spacial score (nSPS) is 19.8. The molecule has 1 fully saturated rings. The Balaban J connectivity index is 2.06. The summed E-state index contributed by atoms with van der Waals surface area (Å²) in [4.78, 5) is 0.136. The van der Waals surface area contributed by atoms with Gasteiger partial charge in [0.15, 0.2) is 0 Å². The summed E-state index contributed by atoms with van der Waals surface area (Å²) in [5.41, 5.74) is 0. The highest BCUT2D eigenvalue weighted by Crippen LogP contribution is 2.37. The van der Waals surface area contributed by atoms with Gasteiger partial charge in [-0.15, -0.1) is 11.3 Å². The molecule has 0 amide bonds. The van der Waals surface area contributed by atoms with Crippen LogP contribution in [-0.2, 0) is 10.0 Å². The molecule has 1 atom stereocenters. The molecule has 1 aliphatic rings. The molecule has 2 rings (SSSR count). The third-order valence-corrected chi connectivity index (χ3v) is 7.63. The molecule has 4 nitrogen and oxygen atoms in total. The monoisotopic (exact) mass is 370 g/mol. The van der Waals surface area contributed by atoms with E-state index in [0.29, 0.717) is 29.4 Å². The van der Waals surface area contributed by atoms with Crippen molar-refractivity contribution in [1.82, 2.24) is 9.62 Å². The standard InChI is InChI=1S/C13H20Cl2N2O2S2/c1-3-16-9(2)10-4-6-17(7-5-10)21(18,19)11-8-12(14)20-13(11)15/h8-10,16H,3-7H2,1-2H3. The van der Waals surface area contributed by atoms with Gasteiger partial charge in [-0.25, -0.2) is 8.42 Å². The summed E-state index contributed by atoms with van der Waals surface area (Å²) in [6.45, 7) is 6.24. The van der Waals surface area contributed by atoms with E-state index < -0.39 is 10.0 Å². The van der Waals surface area contributed by atoms with E-state index in [0.717, 1.165) is 30.7 Å². The number of hydrogen-bond acceptors (Lipinski definition) is 4. The Labute approximate surface area is 140 Å². The van der Waals surface area contributed by atoms with Gasteiger partial charge < -0.3 is 5.32 Å². The number of sulfonamides is 1. The molecule has 120 valence electrons. The minimum Gasteiger partial charge on any atom is -0.314 e. The van der Waals surface area contributed by atoms with Crippen LogP contribution in [0.15, 0.2) is 11.0 Å².